The smallest absolute Gasteiger partial charge is 0.326 e. The summed E-state index contributed by atoms with van der Waals surface area (Å²) >= 11 is 4.14. The summed E-state index contributed by atoms with van der Waals surface area (Å²) in [6.45, 7) is 11.3. The van der Waals surface area contributed by atoms with Gasteiger partial charge in [-0.15, -0.1) is 0 Å². The molecular weight excluding hydrogens is 420 g/mol. The van der Waals surface area contributed by atoms with E-state index in [9.17, 15) is 24.3 Å². The van der Waals surface area contributed by atoms with Crippen molar-refractivity contribution in [1.82, 2.24) is 16.0 Å². The third-order valence-electron chi connectivity index (χ3n) is 4.99. The van der Waals surface area contributed by atoms with Gasteiger partial charge in [-0.1, -0.05) is 48.0 Å². The molecule has 0 aliphatic heterocycles. The average Bonchev–Trinajstić information content (AvgIpc) is 2.67. The lowest BCUT2D eigenvalue weighted by Crippen LogP contribution is -2.59. The molecule has 0 fully saturated rings. The molecule has 0 spiro atoms. The number of carbonyl (C=O) groups excluding carboxylic acids is 3. The Labute approximate surface area is 191 Å². The first-order valence-electron chi connectivity index (χ1n) is 10.8. The van der Waals surface area contributed by atoms with Crippen molar-refractivity contribution in [3.63, 3.8) is 0 Å². The van der Waals surface area contributed by atoms with Crippen molar-refractivity contribution in [3.05, 3.63) is 0 Å². The molecule has 0 heterocycles. The van der Waals surface area contributed by atoms with Gasteiger partial charge in [0.25, 0.3) is 0 Å². The highest BCUT2D eigenvalue weighted by Crippen LogP contribution is 2.11. The van der Waals surface area contributed by atoms with Crippen molar-refractivity contribution < 1.29 is 24.3 Å². The number of rotatable bonds is 14. The predicted octanol–water partition coefficient (Wildman–Crippen LogP) is 0.921. The Morgan fingerprint density at radius 1 is 0.839 bits per heavy atom. The summed E-state index contributed by atoms with van der Waals surface area (Å²) in [5, 5.41) is 17.2. The summed E-state index contributed by atoms with van der Waals surface area (Å²) in [6.07, 6.45) is 1.32. The molecule has 180 valence electrons. The zero-order chi connectivity index (χ0) is 24.3. The average molecular weight is 461 g/mol. The van der Waals surface area contributed by atoms with Crippen molar-refractivity contribution in [2.45, 2.75) is 85.0 Å². The second-order valence-electron chi connectivity index (χ2n) is 8.88. The van der Waals surface area contributed by atoms with Gasteiger partial charge in [-0.05, 0) is 30.6 Å². The maximum Gasteiger partial charge on any atom is 0.326 e. The highest BCUT2D eigenvalue weighted by Gasteiger charge is 2.32. The number of nitrogens with two attached hydrogens (primary N) is 1. The number of carboxylic acids is 1. The summed E-state index contributed by atoms with van der Waals surface area (Å²) in [7, 11) is 0. The van der Waals surface area contributed by atoms with Crippen LogP contribution in [-0.2, 0) is 19.2 Å². The Balaban J connectivity index is 5.31. The lowest BCUT2D eigenvalue weighted by molar-refractivity contribution is -0.143. The van der Waals surface area contributed by atoms with E-state index in [0.717, 1.165) is 0 Å². The molecule has 0 aromatic heterocycles. The van der Waals surface area contributed by atoms with Crippen LogP contribution < -0.4 is 21.7 Å². The fourth-order valence-corrected chi connectivity index (χ4v) is 3.26. The Morgan fingerprint density at radius 3 is 1.77 bits per heavy atom. The van der Waals surface area contributed by atoms with Crippen LogP contribution in [0.5, 0.6) is 0 Å². The summed E-state index contributed by atoms with van der Waals surface area (Å²) in [6, 6.07) is -3.73. The molecule has 0 aliphatic rings. The minimum Gasteiger partial charge on any atom is -0.480 e. The second kappa shape index (κ2) is 14.3. The first-order chi connectivity index (χ1) is 14.3. The van der Waals surface area contributed by atoms with Crippen LogP contribution in [0.15, 0.2) is 0 Å². The van der Waals surface area contributed by atoms with Crippen LogP contribution in [0.1, 0.15) is 60.8 Å². The van der Waals surface area contributed by atoms with E-state index in [0.29, 0.717) is 12.8 Å². The van der Waals surface area contributed by atoms with Crippen LogP contribution in [0.3, 0.4) is 0 Å². The molecule has 0 saturated heterocycles. The predicted molar refractivity (Wildman–Crippen MR) is 124 cm³/mol. The van der Waals surface area contributed by atoms with Gasteiger partial charge in [-0.2, -0.15) is 12.6 Å². The molecule has 0 aliphatic carbocycles. The monoisotopic (exact) mass is 460 g/mol. The maximum absolute atomic E-state index is 12.8. The van der Waals surface area contributed by atoms with Crippen LogP contribution >= 0.6 is 12.6 Å². The van der Waals surface area contributed by atoms with E-state index in [1.807, 2.05) is 34.6 Å². The van der Waals surface area contributed by atoms with E-state index >= 15 is 0 Å². The van der Waals surface area contributed by atoms with E-state index in [1.165, 1.54) is 0 Å². The molecule has 9 nitrogen and oxygen atoms in total. The summed E-state index contributed by atoms with van der Waals surface area (Å²) < 4.78 is 0. The van der Waals surface area contributed by atoms with Crippen molar-refractivity contribution in [1.29, 1.82) is 0 Å². The number of nitrogens with one attached hydrogen (secondary N) is 3. The maximum atomic E-state index is 12.8. The third kappa shape index (κ3) is 10.9. The Hall–Kier alpha value is -1.81. The van der Waals surface area contributed by atoms with Crippen LogP contribution in [0.2, 0.25) is 0 Å². The summed E-state index contributed by atoms with van der Waals surface area (Å²) in [5.74, 6) is -2.69. The SMILES string of the molecule is CCC(C)C(NC(=O)C(CS)NC(=O)C(N)CC(C)C)C(=O)NC(CC(C)C)C(=O)O. The van der Waals surface area contributed by atoms with Gasteiger partial charge in [0.2, 0.25) is 17.7 Å². The van der Waals surface area contributed by atoms with E-state index in [1.54, 1.807) is 6.92 Å². The standard InChI is InChI=1S/C21H40N4O5S/c1-7-13(6)17(20(28)23-15(21(29)30)9-12(4)5)25-19(27)16(10-31)24-18(26)14(22)8-11(2)3/h11-17,31H,7-10,22H2,1-6H3,(H,23,28)(H,24,26)(H,25,27)(H,29,30). The molecule has 3 amide bonds. The largest absolute Gasteiger partial charge is 0.480 e. The molecule has 0 radical (unpaired) electrons. The normalized spacial score (nSPS) is 16.2. The van der Waals surface area contributed by atoms with E-state index in [4.69, 9.17) is 5.73 Å². The van der Waals surface area contributed by atoms with Gasteiger partial charge in [0.05, 0.1) is 6.04 Å². The number of thiol groups is 1. The fraction of sp³-hybridized carbons (Fsp3) is 0.810. The molecular formula is C21H40N4O5S. The second-order valence-corrected chi connectivity index (χ2v) is 9.25. The molecule has 0 bridgehead atoms. The molecule has 0 aromatic carbocycles. The molecule has 31 heavy (non-hydrogen) atoms. The van der Waals surface area contributed by atoms with Crippen molar-refractivity contribution in [2.24, 2.45) is 23.5 Å². The Kier molecular flexibility index (Phi) is 13.5. The Morgan fingerprint density at radius 2 is 1.35 bits per heavy atom. The number of aliphatic carboxylic acids is 1. The van der Waals surface area contributed by atoms with Crippen molar-refractivity contribution in [2.75, 3.05) is 5.75 Å². The van der Waals surface area contributed by atoms with Crippen LogP contribution in [0.4, 0.5) is 0 Å². The van der Waals surface area contributed by atoms with E-state index in [-0.39, 0.29) is 29.9 Å². The number of carboxylic acid groups (broad SMARTS) is 1. The molecule has 5 atom stereocenters. The number of hydrogen-bond donors (Lipinski definition) is 6. The van der Waals surface area contributed by atoms with Gasteiger partial charge < -0.3 is 26.8 Å². The summed E-state index contributed by atoms with van der Waals surface area (Å²) in [5.41, 5.74) is 5.87. The van der Waals surface area contributed by atoms with Crippen LogP contribution in [0, 0.1) is 17.8 Å². The number of hydrogen-bond acceptors (Lipinski definition) is 6. The fourth-order valence-electron chi connectivity index (χ4n) is 3.00. The number of amides is 3. The quantitative estimate of drug-likeness (QED) is 0.212. The topological polar surface area (TPSA) is 151 Å². The minimum atomic E-state index is -1.13. The van der Waals surface area contributed by atoms with E-state index < -0.39 is 47.9 Å². The van der Waals surface area contributed by atoms with Crippen molar-refractivity contribution in [3.8, 4) is 0 Å². The first-order valence-corrected chi connectivity index (χ1v) is 11.5. The molecule has 10 heteroatoms. The van der Waals surface area contributed by atoms with Gasteiger partial charge in [0.1, 0.15) is 18.1 Å². The molecule has 5 unspecified atom stereocenters. The van der Waals surface area contributed by atoms with Gasteiger partial charge >= 0.3 is 5.97 Å². The van der Waals surface area contributed by atoms with Crippen LogP contribution in [-0.4, -0.2) is 58.7 Å². The zero-order valence-corrected chi connectivity index (χ0v) is 20.4. The lowest BCUT2D eigenvalue weighted by atomic mass is 9.96. The van der Waals surface area contributed by atoms with Gasteiger partial charge in [0, 0.05) is 5.75 Å². The highest BCUT2D eigenvalue weighted by atomic mass is 32.1. The third-order valence-corrected chi connectivity index (χ3v) is 5.36. The summed E-state index contributed by atoms with van der Waals surface area (Å²) in [4.78, 5) is 49.4. The number of carbonyl (C=O) groups is 4. The molecule has 0 aromatic rings. The first kappa shape index (κ1) is 29.2. The van der Waals surface area contributed by atoms with Gasteiger partial charge in [-0.3, -0.25) is 14.4 Å². The lowest BCUT2D eigenvalue weighted by Gasteiger charge is -2.28. The molecule has 6 N–H and O–H groups in total. The van der Waals surface area contributed by atoms with Gasteiger partial charge in [0.15, 0.2) is 0 Å². The van der Waals surface area contributed by atoms with E-state index in [2.05, 4.69) is 28.6 Å². The molecule has 0 rings (SSSR count). The van der Waals surface area contributed by atoms with Crippen molar-refractivity contribution >= 4 is 36.3 Å². The highest BCUT2D eigenvalue weighted by molar-refractivity contribution is 7.80. The Bertz CT molecular complexity index is 615. The molecule has 0 saturated carbocycles. The van der Waals surface area contributed by atoms with Gasteiger partial charge in [-0.25, -0.2) is 4.79 Å². The minimum absolute atomic E-state index is 0.0198. The zero-order valence-electron chi connectivity index (χ0n) is 19.5. The van der Waals surface area contributed by atoms with Crippen LogP contribution in [0.25, 0.3) is 0 Å².